The van der Waals surface area contributed by atoms with Gasteiger partial charge >= 0.3 is 0 Å². The van der Waals surface area contributed by atoms with E-state index in [4.69, 9.17) is 4.98 Å². The zero-order valence-corrected chi connectivity index (χ0v) is 12.9. The lowest BCUT2D eigenvalue weighted by Crippen LogP contribution is -2.32. The molecule has 0 bridgehead atoms. The minimum absolute atomic E-state index is 0.176. The smallest absolute Gasteiger partial charge is 0.107 e. The van der Waals surface area contributed by atoms with Gasteiger partial charge in [-0.25, -0.2) is 4.98 Å². The summed E-state index contributed by atoms with van der Waals surface area (Å²) in [4.78, 5) is 4.74. The highest BCUT2D eigenvalue weighted by atomic mass is 32.1. The Kier molecular flexibility index (Phi) is 4.44. The van der Waals surface area contributed by atoms with E-state index in [-0.39, 0.29) is 5.41 Å². The summed E-state index contributed by atoms with van der Waals surface area (Å²) in [5.74, 6) is 0.926. The van der Waals surface area contributed by atoms with Crippen molar-refractivity contribution < 1.29 is 0 Å². The van der Waals surface area contributed by atoms with Crippen molar-refractivity contribution in [3.63, 3.8) is 0 Å². The van der Waals surface area contributed by atoms with Crippen LogP contribution < -0.4 is 5.32 Å². The molecule has 2 rings (SSSR count). The highest BCUT2D eigenvalue weighted by Crippen LogP contribution is 2.25. The molecule has 0 radical (unpaired) electrons. The van der Waals surface area contributed by atoms with Crippen LogP contribution in [-0.2, 0) is 12.0 Å². The van der Waals surface area contributed by atoms with E-state index in [1.54, 1.807) is 11.3 Å². The summed E-state index contributed by atoms with van der Waals surface area (Å²) in [6, 6.07) is 0.711. The molecule has 0 amide bonds. The van der Waals surface area contributed by atoms with E-state index >= 15 is 0 Å². The predicted octanol–water partition coefficient (Wildman–Crippen LogP) is 4.11. The molecular formula is C15H26N2S. The second-order valence-electron chi connectivity index (χ2n) is 6.71. The van der Waals surface area contributed by atoms with Crippen molar-refractivity contribution in [2.45, 2.75) is 71.4 Å². The molecule has 0 saturated heterocycles. The minimum atomic E-state index is 0.176. The van der Waals surface area contributed by atoms with E-state index in [0.29, 0.717) is 6.04 Å². The van der Waals surface area contributed by atoms with Gasteiger partial charge in [0.2, 0.25) is 0 Å². The maximum absolute atomic E-state index is 4.74. The largest absolute Gasteiger partial charge is 0.308 e. The van der Waals surface area contributed by atoms with Crippen molar-refractivity contribution in [3.05, 3.63) is 16.1 Å². The molecule has 18 heavy (non-hydrogen) atoms. The predicted molar refractivity (Wildman–Crippen MR) is 79.1 cm³/mol. The summed E-state index contributed by atoms with van der Waals surface area (Å²) in [5, 5.41) is 7.11. The lowest BCUT2D eigenvalue weighted by Gasteiger charge is -2.26. The third-order valence-corrected chi connectivity index (χ3v) is 4.73. The zero-order valence-electron chi connectivity index (χ0n) is 12.1. The topological polar surface area (TPSA) is 24.9 Å². The Labute approximate surface area is 115 Å². The van der Waals surface area contributed by atoms with Gasteiger partial charge in [0.25, 0.3) is 0 Å². The van der Waals surface area contributed by atoms with Crippen molar-refractivity contribution in [3.8, 4) is 0 Å². The monoisotopic (exact) mass is 266 g/mol. The van der Waals surface area contributed by atoms with Crippen LogP contribution in [0.4, 0.5) is 0 Å². The molecule has 0 spiro atoms. The number of nitrogens with one attached hydrogen (secondary N) is 1. The normalized spacial score (nSPS) is 25.3. The maximum atomic E-state index is 4.74. The summed E-state index contributed by atoms with van der Waals surface area (Å²) in [6.07, 6.45) is 5.42. The first-order chi connectivity index (χ1) is 8.45. The summed E-state index contributed by atoms with van der Waals surface area (Å²) < 4.78 is 0. The summed E-state index contributed by atoms with van der Waals surface area (Å²) in [5.41, 5.74) is 1.40. The SMILES string of the molecule is CC1CCC(NCc2nc(C(C)(C)C)cs2)CC1. The summed E-state index contributed by atoms with van der Waals surface area (Å²) >= 11 is 1.79. The molecule has 1 aliphatic carbocycles. The molecule has 0 atom stereocenters. The quantitative estimate of drug-likeness (QED) is 0.890. The third-order valence-electron chi connectivity index (χ3n) is 3.88. The van der Waals surface area contributed by atoms with E-state index in [9.17, 15) is 0 Å². The van der Waals surface area contributed by atoms with Gasteiger partial charge in [0.1, 0.15) is 5.01 Å². The van der Waals surface area contributed by atoms with Gasteiger partial charge < -0.3 is 5.32 Å². The third kappa shape index (κ3) is 3.79. The van der Waals surface area contributed by atoms with E-state index in [1.165, 1.54) is 36.4 Å². The van der Waals surface area contributed by atoms with Crippen molar-refractivity contribution >= 4 is 11.3 Å². The van der Waals surface area contributed by atoms with Crippen LogP contribution >= 0.6 is 11.3 Å². The van der Waals surface area contributed by atoms with Gasteiger partial charge in [-0.05, 0) is 31.6 Å². The van der Waals surface area contributed by atoms with Gasteiger partial charge in [0.15, 0.2) is 0 Å². The van der Waals surface area contributed by atoms with Gasteiger partial charge in [-0.3, -0.25) is 0 Å². The van der Waals surface area contributed by atoms with E-state index in [0.717, 1.165) is 12.5 Å². The molecule has 0 unspecified atom stereocenters. The van der Waals surface area contributed by atoms with Crippen molar-refractivity contribution in [2.24, 2.45) is 5.92 Å². The highest BCUT2D eigenvalue weighted by Gasteiger charge is 2.19. The Bertz CT molecular complexity index is 370. The second kappa shape index (κ2) is 5.70. The molecule has 1 fully saturated rings. The molecule has 1 heterocycles. The fraction of sp³-hybridized carbons (Fsp3) is 0.800. The summed E-state index contributed by atoms with van der Waals surface area (Å²) in [7, 11) is 0. The average Bonchev–Trinajstić information content (AvgIpc) is 2.77. The fourth-order valence-corrected chi connectivity index (χ4v) is 3.40. The van der Waals surface area contributed by atoms with Gasteiger partial charge in [-0.2, -0.15) is 0 Å². The number of aromatic nitrogens is 1. The number of hydrogen-bond acceptors (Lipinski definition) is 3. The van der Waals surface area contributed by atoms with Crippen LogP contribution in [0.2, 0.25) is 0 Å². The van der Waals surface area contributed by atoms with Crippen molar-refractivity contribution in [1.82, 2.24) is 10.3 Å². The lowest BCUT2D eigenvalue weighted by atomic mass is 9.87. The van der Waals surface area contributed by atoms with Gasteiger partial charge in [-0.15, -0.1) is 11.3 Å². The van der Waals surface area contributed by atoms with Gasteiger partial charge in [-0.1, -0.05) is 27.7 Å². The minimum Gasteiger partial charge on any atom is -0.308 e. The fourth-order valence-electron chi connectivity index (χ4n) is 2.43. The molecular weight excluding hydrogens is 240 g/mol. The Morgan fingerprint density at radius 2 is 1.94 bits per heavy atom. The van der Waals surface area contributed by atoms with Crippen molar-refractivity contribution in [2.75, 3.05) is 0 Å². The molecule has 102 valence electrons. The van der Waals surface area contributed by atoms with Gasteiger partial charge in [0.05, 0.1) is 5.69 Å². The molecule has 1 aromatic heterocycles. The second-order valence-corrected chi connectivity index (χ2v) is 7.66. The van der Waals surface area contributed by atoms with Crippen LogP contribution in [-0.4, -0.2) is 11.0 Å². The van der Waals surface area contributed by atoms with Crippen LogP contribution in [0.5, 0.6) is 0 Å². The molecule has 0 aliphatic heterocycles. The Balaban J connectivity index is 1.82. The molecule has 1 saturated carbocycles. The highest BCUT2D eigenvalue weighted by molar-refractivity contribution is 7.09. The number of hydrogen-bond donors (Lipinski definition) is 1. The molecule has 1 aliphatic rings. The van der Waals surface area contributed by atoms with Crippen LogP contribution in [0.25, 0.3) is 0 Å². The van der Waals surface area contributed by atoms with E-state index in [1.807, 2.05) is 0 Å². The first kappa shape index (κ1) is 14.0. The zero-order chi connectivity index (χ0) is 13.2. The average molecular weight is 266 g/mol. The van der Waals surface area contributed by atoms with Crippen molar-refractivity contribution in [1.29, 1.82) is 0 Å². The van der Waals surface area contributed by atoms with Crippen LogP contribution in [0.1, 0.15) is 64.1 Å². The number of thiazole rings is 1. The number of nitrogens with zero attached hydrogens (tertiary/aromatic N) is 1. The van der Waals surface area contributed by atoms with E-state index < -0.39 is 0 Å². The molecule has 1 N–H and O–H groups in total. The first-order valence-corrected chi connectivity index (χ1v) is 8.01. The summed E-state index contributed by atoms with van der Waals surface area (Å²) in [6.45, 7) is 9.98. The Hall–Kier alpha value is -0.410. The van der Waals surface area contributed by atoms with Crippen LogP contribution in [0.15, 0.2) is 5.38 Å². The van der Waals surface area contributed by atoms with Gasteiger partial charge in [0, 0.05) is 23.4 Å². The molecule has 1 aromatic rings. The number of rotatable bonds is 3. The van der Waals surface area contributed by atoms with Crippen LogP contribution in [0.3, 0.4) is 0 Å². The first-order valence-electron chi connectivity index (χ1n) is 7.13. The standard InChI is InChI=1S/C15H26N2S/c1-11-5-7-12(8-6-11)16-9-14-17-13(10-18-14)15(2,3)4/h10-12,16H,5-9H2,1-4H3. The maximum Gasteiger partial charge on any atom is 0.107 e. The van der Waals surface area contributed by atoms with E-state index in [2.05, 4.69) is 38.4 Å². The lowest BCUT2D eigenvalue weighted by molar-refractivity contribution is 0.306. The molecule has 3 heteroatoms. The van der Waals surface area contributed by atoms with Crippen LogP contribution in [0, 0.1) is 5.92 Å². The Morgan fingerprint density at radius 1 is 1.28 bits per heavy atom. The molecule has 2 nitrogen and oxygen atoms in total. The molecule has 0 aromatic carbocycles. The Morgan fingerprint density at radius 3 is 2.50 bits per heavy atom.